The Labute approximate surface area is 223 Å². The van der Waals surface area contributed by atoms with Crippen molar-refractivity contribution in [3.63, 3.8) is 0 Å². The highest BCUT2D eigenvalue weighted by Crippen LogP contribution is 2.43. The number of halogens is 1. The normalized spacial score (nSPS) is 13.1. The van der Waals surface area contributed by atoms with E-state index in [9.17, 15) is 14.7 Å². The average molecular weight is 538 g/mol. The predicted octanol–water partition coefficient (Wildman–Crippen LogP) is 3.30. The van der Waals surface area contributed by atoms with E-state index in [0.29, 0.717) is 70.9 Å². The number of rotatable bonds is 10. The number of aromatic nitrogens is 1. The summed E-state index contributed by atoms with van der Waals surface area (Å²) in [6.07, 6.45) is 0.629. The Morgan fingerprint density at radius 1 is 0.947 bits per heavy atom. The van der Waals surface area contributed by atoms with Gasteiger partial charge in [-0.3, -0.25) is 19.8 Å². The number of nitrogens with one attached hydrogen (secondary N) is 1. The van der Waals surface area contributed by atoms with Crippen molar-refractivity contribution >= 4 is 45.2 Å². The number of fused-ring (bicyclic) bond motifs is 5. The van der Waals surface area contributed by atoms with Crippen molar-refractivity contribution in [2.24, 2.45) is 7.05 Å². The maximum Gasteiger partial charge on any atom is 0.259 e. The largest absolute Gasteiger partial charge is 0.504 e. The first kappa shape index (κ1) is 26.0. The van der Waals surface area contributed by atoms with E-state index in [4.69, 9.17) is 26.6 Å². The van der Waals surface area contributed by atoms with Gasteiger partial charge in [0.1, 0.15) is 0 Å². The third kappa shape index (κ3) is 4.48. The summed E-state index contributed by atoms with van der Waals surface area (Å²) in [5.41, 5.74) is 3.15. The van der Waals surface area contributed by atoms with Gasteiger partial charge in [0.05, 0.1) is 42.0 Å². The molecule has 4 aromatic rings. The highest BCUT2D eigenvalue weighted by Gasteiger charge is 2.34. The molecule has 2 heterocycles. The van der Waals surface area contributed by atoms with Crippen molar-refractivity contribution in [3.05, 3.63) is 58.6 Å². The van der Waals surface area contributed by atoms with E-state index in [1.54, 1.807) is 24.3 Å². The number of hydrogen-bond acceptors (Lipinski definition) is 7. The van der Waals surface area contributed by atoms with E-state index >= 15 is 0 Å². The number of phenols is 1. The van der Waals surface area contributed by atoms with Crippen LogP contribution in [0.4, 0.5) is 0 Å². The molecule has 0 radical (unpaired) electrons. The lowest BCUT2D eigenvalue weighted by Gasteiger charge is -2.20. The molecule has 3 aromatic carbocycles. The number of amides is 2. The first-order valence-corrected chi connectivity index (χ1v) is 12.7. The molecule has 0 atom stereocenters. The van der Waals surface area contributed by atoms with Crippen LogP contribution in [0.1, 0.15) is 27.1 Å². The zero-order valence-corrected chi connectivity index (χ0v) is 21.6. The van der Waals surface area contributed by atoms with E-state index in [0.717, 1.165) is 5.52 Å². The quantitative estimate of drug-likeness (QED) is 0.181. The molecule has 0 spiro atoms. The van der Waals surface area contributed by atoms with Crippen LogP contribution in [0.3, 0.4) is 0 Å². The number of aliphatic hydroxyl groups is 2. The van der Waals surface area contributed by atoms with Gasteiger partial charge in [-0.25, -0.2) is 0 Å². The first-order valence-electron chi connectivity index (χ1n) is 12.3. The number of aromatic hydroxyl groups is 1. The summed E-state index contributed by atoms with van der Waals surface area (Å²) < 4.78 is 7.78. The van der Waals surface area contributed by atoms with Crippen LogP contribution in [0.2, 0.25) is 5.02 Å². The molecule has 0 aliphatic carbocycles. The lowest BCUT2D eigenvalue weighted by atomic mass is 9.93. The summed E-state index contributed by atoms with van der Waals surface area (Å²) in [4.78, 5) is 27.8. The van der Waals surface area contributed by atoms with Gasteiger partial charge in [-0.2, -0.15) is 0 Å². The maximum absolute atomic E-state index is 13.0. The van der Waals surface area contributed by atoms with Gasteiger partial charge in [-0.05, 0) is 30.2 Å². The minimum Gasteiger partial charge on any atom is -0.504 e. The molecule has 4 N–H and O–H groups in total. The summed E-state index contributed by atoms with van der Waals surface area (Å²) >= 11 is 6.47. The van der Waals surface area contributed by atoms with E-state index in [1.807, 2.05) is 34.7 Å². The molecule has 10 heteroatoms. The van der Waals surface area contributed by atoms with Crippen LogP contribution in [0, 0.1) is 0 Å². The number of nitrogens with zero attached hydrogens (tertiary/aromatic N) is 2. The molecule has 0 bridgehead atoms. The fraction of sp³-hybridized carbons (Fsp3) is 0.286. The minimum absolute atomic E-state index is 0.00484. The van der Waals surface area contributed by atoms with Crippen molar-refractivity contribution in [1.29, 1.82) is 0 Å². The third-order valence-electron chi connectivity index (χ3n) is 6.93. The molecule has 1 aliphatic rings. The molecule has 2 amide bonds. The second kappa shape index (κ2) is 10.6. The van der Waals surface area contributed by atoms with Crippen molar-refractivity contribution in [2.75, 3.05) is 39.5 Å². The van der Waals surface area contributed by atoms with Gasteiger partial charge in [0.25, 0.3) is 11.8 Å². The molecular formula is C28H28ClN3O6. The van der Waals surface area contributed by atoms with E-state index in [1.165, 1.54) is 0 Å². The van der Waals surface area contributed by atoms with Crippen LogP contribution in [-0.4, -0.2) is 76.1 Å². The molecule has 198 valence electrons. The number of carbonyl (C=O) groups excluding carboxylic acids is 2. The van der Waals surface area contributed by atoms with Gasteiger partial charge in [-0.1, -0.05) is 29.8 Å². The predicted molar refractivity (Wildman–Crippen MR) is 145 cm³/mol. The monoisotopic (exact) mass is 537 g/mol. The summed E-state index contributed by atoms with van der Waals surface area (Å²) in [7, 11) is 1.85. The Morgan fingerprint density at radius 3 is 2.37 bits per heavy atom. The number of imide groups is 1. The molecule has 0 saturated heterocycles. The Kier molecular flexibility index (Phi) is 7.27. The summed E-state index contributed by atoms with van der Waals surface area (Å²) in [5.74, 6) is -0.769. The number of carbonyl (C=O) groups is 2. The molecule has 0 fully saturated rings. The fourth-order valence-corrected chi connectivity index (χ4v) is 5.40. The van der Waals surface area contributed by atoms with E-state index in [2.05, 4.69) is 5.32 Å². The van der Waals surface area contributed by atoms with Gasteiger partial charge in [0.15, 0.2) is 11.5 Å². The summed E-state index contributed by atoms with van der Waals surface area (Å²) in [6.45, 7) is 1.88. The van der Waals surface area contributed by atoms with Crippen LogP contribution in [0.15, 0.2) is 42.5 Å². The Balaban J connectivity index is 1.56. The molecular weight excluding hydrogens is 510 g/mol. The number of aryl methyl sites for hydroxylation is 1. The van der Waals surface area contributed by atoms with Crippen LogP contribution in [-0.2, 0) is 7.05 Å². The highest BCUT2D eigenvalue weighted by molar-refractivity contribution is 6.36. The van der Waals surface area contributed by atoms with Gasteiger partial charge in [0.2, 0.25) is 0 Å². The molecule has 0 saturated carbocycles. The van der Waals surface area contributed by atoms with Gasteiger partial charge in [0, 0.05) is 54.1 Å². The number of aliphatic hydroxyl groups excluding tert-OH is 2. The molecule has 5 rings (SSSR count). The zero-order valence-electron chi connectivity index (χ0n) is 20.8. The van der Waals surface area contributed by atoms with Crippen LogP contribution in [0.25, 0.3) is 32.9 Å². The topological polar surface area (TPSA) is 124 Å². The minimum atomic E-state index is -0.494. The smallest absolute Gasteiger partial charge is 0.259 e. The molecule has 9 nitrogen and oxygen atoms in total. The van der Waals surface area contributed by atoms with E-state index < -0.39 is 11.8 Å². The molecule has 1 aliphatic heterocycles. The zero-order chi connectivity index (χ0) is 27.0. The van der Waals surface area contributed by atoms with Gasteiger partial charge < -0.3 is 24.6 Å². The van der Waals surface area contributed by atoms with Crippen molar-refractivity contribution in [3.8, 4) is 22.6 Å². The molecule has 1 aromatic heterocycles. The lowest BCUT2D eigenvalue weighted by molar-refractivity contribution is 0.0880. The first-order chi connectivity index (χ1) is 18.3. The Morgan fingerprint density at radius 2 is 1.66 bits per heavy atom. The van der Waals surface area contributed by atoms with Crippen molar-refractivity contribution < 1.29 is 29.6 Å². The molecule has 38 heavy (non-hydrogen) atoms. The fourth-order valence-electron chi connectivity index (χ4n) is 5.16. The van der Waals surface area contributed by atoms with Crippen molar-refractivity contribution in [2.45, 2.75) is 6.42 Å². The average Bonchev–Trinajstić information content (AvgIpc) is 3.34. The standard InChI is InChI=1S/C28H28ClN3O6/c1-31-20-15-23(38-12-4-7-32(8-10-33)9-11-34)22(35)14-18(20)24-21(31)13-17(16-5-2-3-6-19(16)29)25-26(24)28(37)30-27(25)36/h2-3,5-6,13-15,33-35H,4,7-12H2,1H3,(H,30,36,37). The van der Waals surface area contributed by atoms with Crippen LogP contribution < -0.4 is 10.1 Å². The van der Waals surface area contributed by atoms with Crippen LogP contribution >= 0.6 is 11.6 Å². The summed E-state index contributed by atoms with van der Waals surface area (Å²) in [6, 6.07) is 12.3. The Hall–Kier alpha value is -3.63. The SMILES string of the molecule is Cn1c2cc(OCCCN(CCO)CCO)c(O)cc2c2c3c(c(-c4ccccc4Cl)cc21)C(=O)NC3=O. The Bertz CT molecular complexity index is 1560. The lowest BCUT2D eigenvalue weighted by Crippen LogP contribution is -2.31. The number of phenolic OH excluding ortho intramolecular Hbond substituents is 1. The third-order valence-corrected chi connectivity index (χ3v) is 7.26. The summed E-state index contributed by atoms with van der Waals surface area (Å²) in [5, 5.41) is 33.2. The second-order valence-electron chi connectivity index (χ2n) is 9.22. The highest BCUT2D eigenvalue weighted by atomic mass is 35.5. The molecule has 0 unspecified atom stereocenters. The van der Waals surface area contributed by atoms with Crippen LogP contribution in [0.5, 0.6) is 11.5 Å². The second-order valence-corrected chi connectivity index (χ2v) is 9.63. The van der Waals surface area contributed by atoms with Gasteiger partial charge >= 0.3 is 0 Å². The number of hydrogen-bond donors (Lipinski definition) is 4. The van der Waals surface area contributed by atoms with E-state index in [-0.39, 0.29) is 30.1 Å². The number of benzene rings is 3. The van der Waals surface area contributed by atoms with Crippen molar-refractivity contribution in [1.82, 2.24) is 14.8 Å². The van der Waals surface area contributed by atoms with Gasteiger partial charge in [-0.15, -0.1) is 0 Å². The number of ether oxygens (including phenoxy) is 1. The maximum atomic E-state index is 13.0.